The Labute approximate surface area is 116 Å². The molecule has 0 saturated carbocycles. The van der Waals surface area contributed by atoms with Gasteiger partial charge in [0.1, 0.15) is 4.88 Å². The summed E-state index contributed by atoms with van der Waals surface area (Å²) in [4.78, 5) is 11.7. The molecule has 1 N–H and O–H groups in total. The van der Waals surface area contributed by atoms with Crippen LogP contribution in [0.25, 0.3) is 0 Å². The van der Waals surface area contributed by atoms with Crippen LogP contribution in [0.15, 0.2) is 18.2 Å². The van der Waals surface area contributed by atoms with E-state index in [2.05, 4.69) is 14.9 Å². The summed E-state index contributed by atoms with van der Waals surface area (Å²) >= 11 is 6.53. The predicted molar refractivity (Wildman–Crippen MR) is 69.0 cm³/mol. The minimum atomic E-state index is -2.84. The molecule has 0 aliphatic heterocycles. The molecular weight excluding hydrogens is 296 g/mol. The van der Waals surface area contributed by atoms with Crippen LogP contribution in [-0.2, 0) is 0 Å². The number of anilines is 1. The van der Waals surface area contributed by atoms with Crippen LogP contribution in [0, 0.1) is 6.92 Å². The Kier molecular flexibility index (Phi) is 4.06. The molecule has 1 heterocycles. The highest BCUT2D eigenvalue weighted by Crippen LogP contribution is 2.26. The molecule has 0 aliphatic carbocycles. The molecule has 1 aromatic heterocycles. The SMILES string of the molecule is Cc1ccc(Cl)c(NC(=O)c2snnc2C(F)F)c1. The standard InChI is InChI=1S/C11H8ClF2N3OS/c1-5-2-3-6(12)7(4-5)15-11(18)9-8(10(13)14)16-17-19-9/h2-4,10H,1H3,(H,15,18). The molecule has 19 heavy (non-hydrogen) atoms. The van der Waals surface area contributed by atoms with Crippen molar-refractivity contribution < 1.29 is 13.6 Å². The molecule has 0 radical (unpaired) electrons. The van der Waals surface area contributed by atoms with E-state index < -0.39 is 18.0 Å². The maximum atomic E-state index is 12.6. The van der Waals surface area contributed by atoms with Gasteiger partial charge in [0.15, 0.2) is 5.69 Å². The molecule has 0 spiro atoms. The third kappa shape index (κ3) is 3.05. The van der Waals surface area contributed by atoms with Gasteiger partial charge in [-0.25, -0.2) is 8.78 Å². The number of carbonyl (C=O) groups excluding carboxylic acids is 1. The lowest BCUT2D eigenvalue weighted by Gasteiger charge is -2.07. The van der Waals surface area contributed by atoms with Gasteiger partial charge in [-0.1, -0.05) is 22.2 Å². The van der Waals surface area contributed by atoms with Gasteiger partial charge in [0, 0.05) is 0 Å². The lowest BCUT2D eigenvalue weighted by atomic mass is 10.2. The first-order valence-corrected chi connectivity index (χ1v) is 6.32. The van der Waals surface area contributed by atoms with E-state index in [-0.39, 0.29) is 4.88 Å². The molecule has 4 nitrogen and oxygen atoms in total. The fourth-order valence-corrected chi connectivity index (χ4v) is 2.14. The van der Waals surface area contributed by atoms with Crippen molar-refractivity contribution >= 4 is 34.7 Å². The first-order valence-electron chi connectivity index (χ1n) is 5.17. The average molecular weight is 304 g/mol. The van der Waals surface area contributed by atoms with Gasteiger partial charge in [-0.2, -0.15) is 0 Å². The van der Waals surface area contributed by atoms with E-state index in [1.54, 1.807) is 18.2 Å². The zero-order valence-electron chi connectivity index (χ0n) is 9.65. The van der Waals surface area contributed by atoms with Crippen molar-refractivity contribution in [2.24, 2.45) is 0 Å². The van der Waals surface area contributed by atoms with E-state index in [1.807, 2.05) is 6.92 Å². The summed E-state index contributed by atoms with van der Waals surface area (Å²) in [6, 6.07) is 5.04. The molecule has 0 bridgehead atoms. The number of alkyl halides is 2. The highest BCUT2D eigenvalue weighted by molar-refractivity contribution is 7.08. The van der Waals surface area contributed by atoms with Gasteiger partial charge < -0.3 is 5.32 Å². The summed E-state index contributed by atoms with van der Waals surface area (Å²) in [6.45, 7) is 1.82. The van der Waals surface area contributed by atoms with Gasteiger partial charge in [0.25, 0.3) is 12.3 Å². The lowest BCUT2D eigenvalue weighted by molar-refractivity contribution is 0.101. The van der Waals surface area contributed by atoms with Gasteiger partial charge in [0.2, 0.25) is 0 Å². The Morgan fingerprint density at radius 3 is 2.89 bits per heavy atom. The van der Waals surface area contributed by atoms with Crippen LogP contribution in [-0.4, -0.2) is 15.5 Å². The zero-order chi connectivity index (χ0) is 14.0. The molecule has 0 saturated heterocycles. The Balaban J connectivity index is 2.26. The second kappa shape index (κ2) is 5.58. The van der Waals surface area contributed by atoms with E-state index in [9.17, 15) is 13.6 Å². The first kappa shape index (κ1) is 13.8. The van der Waals surface area contributed by atoms with E-state index in [1.165, 1.54) is 0 Å². The fraction of sp³-hybridized carbons (Fsp3) is 0.182. The molecule has 0 fully saturated rings. The molecule has 0 aliphatic rings. The summed E-state index contributed by atoms with van der Waals surface area (Å²) in [5.74, 6) is -0.696. The van der Waals surface area contributed by atoms with Gasteiger partial charge in [-0.15, -0.1) is 5.10 Å². The van der Waals surface area contributed by atoms with E-state index in [0.29, 0.717) is 22.2 Å². The lowest BCUT2D eigenvalue weighted by Crippen LogP contribution is -2.13. The number of aromatic nitrogens is 2. The smallest absolute Gasteiger partial charge is 0.283 e. The normalized spacial score (nSPS) is 10.8. The van der Waals surface area contributed by atoms with Crippen LogP contribution in [0.2, 0.25) is 5.02 Å². The number of benzene rings is 1. The summed E-state index contributed by atoms with van der Waals surface area (Å²) < 4.78 is 28.6. The van der Waals surface area contributed by atoms with Crippen molar-refractivity contribution in [1.29, 1.82) is 0 Å². The Hall–Kier alpha value is -1.60. The summed E-state index contributed by atoms with van der Waals surface area (Å²) in [6.07, 6.45) is -2.84. The summed E-state index contributed by atoms with van der Waals surface area (Å²) in [5, 5.41) is 6.05. The van der Waals surface area contributed by atoms with E-state index in [4.69, 9.17) is 11.6 Å². The Morgan fingerprint density at radius 1 is 1.47 bits per heavy atom. The zero-order valence-corrected chi connectivity index (χ0v) is 11.2. The molecule has 1 aromatic carbocycles. The van der Waals surface area contributed by atoms with Crippen molar-refractivity contribution in [1.82, 2.24) is 9.59 Å². The average Bonchev–Trinajstić information content (AvgIpc) is 2.83. The Bertz CT molecular complexity index is 618. The van der Waals surface area contributed by atoms with Crippen molar-refractivity contribution in [2.75, 3.05) is 5.32 Å². The highest BCUT2D eigenvalue weighted by atomic mass is 35.5. The molecule has 0 atom stereocenters. The number of amides is 1. The molecular formula is C11H8ClF2N3OS. The molecule has 1 amide bonds. The van der Waals surface area contributed by atoms with Crippen LogP contribution in [0.5, 0.6) is 0 Å². The second-order valence-corrected chi connectivity index (χ2v) is 4.89. The number of halogens is 3. The van der Waals surface area contributed by atoms with E-state index in [0.717, 1.165) is 5.56 Å². The molecule has 2 rings (SSSR count). The molecule has 0 unspecified atom stereocenters. The fourth-order valence-electron chi connectivity index (χ4n) is 1.41. The summed E-state index contributed by atoms with van der Waals surface area (Å²) in [5.41, 5.74) is 0.628. The van der Waals surface area contributed by atoms with Crippen LogP contribution >= 0.6 is 23.1 Å². The highest BCUT2D eigenvalue weighted by Gasteiger charge is 2.23. The molecule has 2 aromatic rings. The molecule has 100 valence electrons. The Morgan fingerprint density at radius 2 is 2.21 bits per heavy atom. The number of nitrogens with one attached hydrogen (secondary N) is 1. The third-order valence-electron chi connectivity index (χ3n) is 2.30. The number of carbonyl (C=O) groups is 1. The number of nitrogens with zero attached hydrogens (tertiary/aromatic N) is 2. The number of hydrogen-bond donors (Lipinski definition) is 1. The van der Waals surface area contributed by atoms with Crippen molar-refractivity contribution in [3.63, 3.8) is 0 Å². The van der Waals surface area contributed by atoms with E-state index >= 15 is 0 Å². The van der Waals surface area contributed by atoms with Crippen LogP contribution < -0.4 is 5.32 Å². The summed E-state index contributed by atoms with van der Waals surface area (Å²) in [7, 11) is 0. The monoisotopic (exact) mass is 303 g/mol. The maximum Gasteiger partial charge on any atom is 0.283 e. The quantitative estimate of drug-likeness (QED) is 0.941. The van der Waals surface area contributed by atoms with Crippen LogP contribution in [0.1, 0.15) is 27.4 Å². The number of hydrogen-bond acceptors (Lipinski definition) is 4. The van der Waals surface area contributed by atoms with Gasteiger partial charge in [-0.3, -0.25) is 4.79 Å². The minimum Gasteiger partial charge on any atom is -0.320 e. The number of rotatable bonds is 3. The van der Waals surface area contributed by atoms with Crippen LogP contribution in [0.3, 0.4) is 0 Å². The van der Waals surface area contributed by atoms with Gasteiger partial charge in [-0.05, 0) is 36.2 Å². The number of aryl methyl sites for hydroxylation is 1. The largest absolute Gasteiger partial charge is 0.320 e. The van der Waals surface area contributed by atoms with Gasteiger partial charge >= 0.3 is 0 Å². The van der Waals surface area contributed by atoms with Crippen molar-refractivity contribution in [2.45, 2.75) is 13.3 Å². The predicted octanol–water partition coefficient (Wildman–Crippen LogP) is 3.69. The van der Waals surface area contributed by atoms with Crippen LogP contribution in [0.4, 0.5) is 14.5 Å². The first-order chi connectivity index (χ1) is 8.99. The minimum absolute atomic E-state index is 0.215. The van der Waals surface area contributed by atoms with Crippen molar-refractivity contribution in [3.8, 4) is 0 Å². The molecule has 8 heteroatoms. The topological polar surface area (TPSA) is 54.9 Å². The van der Waals surface area contributed by atoms with Gasteiger partial charge in [0.05, 0.1) is 10.7 Å². The third-order valence-corrected chi connectivity index (χ3v) is 3.37. The maximum absolute atomic E-state index is 12.6. The van der Waals surface area contributed by atoms with Crippen molar-refractivity contribution in [3.05, 3.63) is 39.4 Å². The second-order valence-electron chi connectivity index (χ2n) is 3.73.